The highest BCUT2D eigenvalue weighted by atomic mass is 19.1. The highest BCUT2D eigenvalue weighted by molar-refractivity contribution is 5.84. The van der Waals surface area contributed by atoms with Gasteiger partial charge in [-0.05, 0) is 43.0 Å². The Morgan fingerprint density at radius 2 is 1.92 bits per heavy atom. The molecule has 0 aromatic heterocycles. The van der Waals surface area contributed by atoms with E-state index in [1.54, 1.807) is 31.1 Å². The topological polar surface area (TPSA) is 52.7 Å². The van der Waals surface area contributed by atoms with Gasteiger partial charge in [0.05, 0.1) is 18.6 Å². The third-order valence-electron chi connectivity index (χ3n) is 4.65. The van der Waals surface area contributed by atoms with Crippen LogP contribution in [0.1, 0.15) is 38.3 Å². The standard InChI is InChI=1S/C19H28FN3O2/c1-13(2)18(14-7-9-15(20)10-8-14)21-17(24)12-23-11-5-6-16(23)19(25)22(3)4/h7-10,13,16,18H,5-6,11-12H2,1-4H3,(H,21,24). The first-order valence-corrected chi connectivity index (χ1v) is 8.79. The van der Waals surface area contributed by atoms with Gasteiger partial charge < -0.3 is 10.2 Å². The summed E-state index contributed by atoms with van der Waals surface area (Å²) >= 11 is 0. The number of halogens is 1. The largest absolute Gasteiger partial charge is 0.348 e. The minimum Gasteiger partial charge on any atom is -0.348 e. The van der Waals surface area contributed by atoms with E-state index in [1.807, 2.05) is 18.7 Å². The fraction of sp³-hybridized carbons (Fsp3) is 0.579. The van der Waals surface area contributed by atoms with Crippen LogP contribution in [0.25, 0.3) is 0 Å². The molecule has 5 nitrogen and oxygen atoms in total. The molecular weight excluding hydrogens is 321 g/mol. The van der Waals surface area contributed by atoms with E-state index < -0.39 is 0 Å². The number of likely N-dealkylation sites (tertiary alicyclic amines) is 1. The molecule has 1 aromatic rings. The number of nitrogens with zero attached hydrogens (tertiary/aromatic N) is 2. The molecule has 1 aliphatic rings. The van der Waals surface area contributed by atoms with Gasteiger partial charge in [-0.25, -0.2) is 4.39 Å². The van der Waals surface area contributed by atoms with Crippen molar-refractivity contribution in [3.8, 4) is 0 Å². The van der Waals surface area contributed by atoms with Crippen LogP contribution in [0.4, 0.5) is 4.39 Å². The predicted octanol–water partition coefficient (Wildman–Crippen LogP) is 2.19. The van der Waals surface area contributed by atoms with E-state index in [0.717, 1.165) is 24.9 Å². The number of amides is 2. The number of carbonyl (C=O) groups excluding carboxylic acids is 2. The van der Waals surface area contributed by atoms with Crippen LogP contribution in [0.2, 0.25) is 0 Å². The highest BCUT2D eigenvalue weighted by Crippen LogP contribution is 2.23. The SMILES string of the molecule is CC(C)C(NC(=O)CN1CCCC1C(=O)N(C)C)c1ccc(F)cc1. The molecule has 1 aromatic carbocycles. The van der Waals surface area contributed by atoms with Crippen LogP contribution in [0.15, 0.2) is 24.3 Å². The van der Waals surface area contributed by atoms with Crippen molar-refractivity contribution in [1.82, 2.24) is 15.1 Å². The second-order valence-corrected chi connectivity index (χ2v) is 7.20. The van der Waals surface area contributed by atoms with Gasteiger partial charge in [0.25, 0.3) is 0 Å². The summed E-state index contributed by atoms with van der Waals surface area (Å²) in [4.78, 5) is 28.3. The predicted molar refractivity (Wildman–Crippen MR) is 95.4 cm³/mol. The van der Waals surface area contributed by atoms with Gasteiger partial charge in [0, 0.05) is 14.1 Å². The normalized spacial score (nSPS) is 19.0. The van der Waals surface area contributed by atoms with Gasteiger partial charge in [-0.3, -0.25) is 14.5 Å². The maximum Gasteiger partial charge on any atom is 0.239 e. The van der Waals surface area contributed by atoms with Crippen molar-refractivity contribution in [2.45, 2.75) is 38.8 Å². The lowest BCUT2D eigenvalue weighted by atomic mass is 9.96. The molecule has 1 saturated heterocycles. The van der Waals surface area contributed by atoms with Gasteiger partial charge in [-0.15, -0.1) is 0 Å². The molecule has 1 fully saturated rings. The highest BCUT2D eigenvalue weighted by Gasteiger charge is 2.33. The van der Waals surface area contributed by atoms with E-state index in [1.165, 1.54) is 12.1 Å². The molecule has 1 heterocycles. The Morgan fingerprint density at radius 1 is 1.28 bits per heavy atom. The number of likely N-dealkylation sites (N-methyl/N-ethyl adjacent to an activating group) is 1. The second kappa shape index (κ2) is 8.43. The van der Waals surface area contributed by atoms with Crippen molar-refractivity contribution in [3.05, 3.63) is 35.6 Å². The average molecular weight is 349 g/mol. The number of benzene rings is 1. The summed E-state index contributed by atoms with van der Waals surface area (Å²) in [5.41, 5.74) is 0.882. The van der Waals surface area contributed by atoms with Gasteiger partial charge >= 0.3 is 0 Å². The number of rotatable bonds is 6. The average Bonchev–Trinajstić information content (AvgIpc) is 3.00. The number of carbonyl (C=O) groups is 2. The zero-order valence-corrected chi connectivity index (χ0v) is 15.5. The van der Waals surface area contributed by atoms with E-state index in [9.17, 15) is 14.0 Å². The van der Waals surface area contributed by atoms with Crippen LogP contribution in [0.3, 0.4) is 0 Å². The van der Waals surface area contributed by atoms with Crippen LogP contribution >= 0.6 is 0 Å². The maximum absolute atomic E-state index is 13.1. The van der Waals surface area contributed by atoms with E-state index in [2.05, 4.69) is 5.32 Å². The Morgan fingerprint density at radius 3 is 2.48 bits per heavy atom. The van der Waals surface area contributed by atoms with Crippen LogP contribution in [-0.4, -0.2) is 54.8 Å². The zero-order valence-electron chi connectivity index (χ0n) is 15.5. The van der Waals surface area contributed by atoms with Gasteiger partial charge in [0.2, 0.25) is 11.8 Å². The third-order valence-corrected chi connectivity index (χ3v) is 4.65. The second-order valence-electron chi connectivity index (χ2n) is 7.20. The molecule has 2 amide bonds. The maximum atomic E-state index is 13.1. The molecule has 0 bridgehead atoms. The molecule has 6 heteroatoms. The van der Waals surface area contributed by atoms with Gasteiger partial charge in [0.15, 0.2) is 0 Å². The number of hydrogen-bond donors (Lipinski definition) is 1. The van der Waals surface area contributed by atoms with E-state index >= 15 is 0 Å². The Balaban J connectivity index is 2.01. The van der Waals surface area contributed by atoms with Crippen molar-refractivity contribution in [1.29, 1.82) is 0 Å². The van der Waals surface area contributed by atoms with E-state index in [0.29, 0.717) is 0 Å². The zero-order chi connectivity index (χ0) is 18.6. The van der Waals surface area contributed by atoms with Crippen molar-refractivity contribution >= 4 is 11.8 Å². The molecule has 138 valence electrons. The van der Waals surface area contributed by atoms with Gasteiger partial charge in [0.1, 0.15) is 5.82 Å². The summed E-state index contributed by atoms with van der Waals surface area (Å²) < 4.78 is 13.1. The molecule has 0 aliphatic carbocycles. The molecule has 1 aliphatic heterocycles. The number of hydrogen-bond acceptors (Lipinski definition) is 3. The quantitative estimate of drug-likeness (QED) is 0.857. The summed E-state index contributed by atoms with van der Waals surface area (Å²) in [5.74, 6) is -0.183. The van der Waals surface area contributed by atoms with Crippen molar-refractivity contribution in [3.63, 3.8) is 0 Å². The molecule has 0 spiro atoms. The fourth-order valence-electron chi connectivity index (χ4n) is 3.30. The molecule has 2 rings (SSSR count). The monoisotopic (exact) mass is 349 g/mol. The Bertz CT molecular complexity index is 601. The van der Waals surface area contributed by atoms with Crippen LogP contribution < -0.4 is 5.32 Å². The molecule has 0 radical (unpaired) electrons. The Kier molecular flexibility index (Phi) is 6.53. The minimum absolute atomic E-state index is 0.0456. The van der Waals surface area contributed by atoms with Gasteiger partial charge in [-0.1, -0.05) is 26.0 Å². The van der Waals surface area contributed by atoms with Crippen molar-refractivity contribution < 1.29 is 14.0 Å². The summed E-state index contributed by atoms with van der Waals surface area (Å²) in [7, 11) is 3.48. The van der Waals surface area contributed by atoms with Crippen LogP contribution in [0, 0.1) is 11.7 Å². The minimum atomic E-state index is -0.292. The first kappa shape index (κ1) is 19.4. The summed E-state index contributed by atoms with van der Waals surface area (Å²) in [6, 6.07) is 5.82. The van der Waals surface area contributed by atoms with Crippen molar-refractivity contribution in [2.75, 3.05) is 27.2 Å². The smallest absolute Gasteiger partial charge is 0.239 e. The van der Waals surface area contributed by atoms with Crippen LogP contribution in [0.5, 0.6) is 0 Å². The van der Waals surface area contributed by atoms with E-state index in [-0.39, 0.29) is 42.2 Å². The summed E-state index contributed by atoms with van der Waals surface area (Å²) in [6.45, 7) is 4.99. The fourth-order valence-corrected chi connectivity index (χ4v) is 3.30. The molecule has 1 N–H and O–H groups in total. The first-order valence-electron chi connectivity index (χ1n) is 8.79. The molecule has 2 unspecified atom stereocenters. The lowest BCUT2D eigenvalue weighted by molar-refractivity contribution is -0.134. The van der Waals surface area contributed by atoms with Crippen molar-refractivity contribution in [2.24, 2.45) is 5.92 Å². The Hall–Kier alpha value is -1.95. The molecule has 0 saturated carbocycles. The third kappa shape index (κ3) is 5.01. The number of nitrogens with one attached hydrogen (secondary N) is 1. The van der Waals surface area contributed by atoms with Gasteiger partial charge in [-0.2, -0.15) is 0 Å². The lowest BCUT2D eigenvalue weighted by Crippen LogP contribution is -2.47. The van der Waals surface area contributed by atoms with E-state index in [4.69, 9.17) is 0 Å². The first-order chi connectivity index (χ1) is 11.8. The lowest BCUT2D eigenvalue weighted by Gasteiger charge is -2.28. The summed E-state index contributed by atoms with van der Waals surface area (Å²) in [5, 5.41) is 3.04. The Labute approximate surface area is 149 Å². The molecule has 25 heavy (non-hydrogen) atoms. The summed E-state index contributed by atoms with van der Waals surface area (Å²) in [6.07, 6.45) is 1.71. The molecular formula is C19H28FN3O2. The molecule has 2 atom stereocenters. The van der Waals surface area contributed by atoms with Crippen LogP contribution in [-0.2, 0) is 9.59 Å².